The second-order valence-corrected chi connectivity index (χ2v) is 6.15. The summed E-state index contributed by atoms with van der Waals surface area (Å²) in [5.41, 5.74) is 2.25. The van der Waals surface area contributed by atoms with Gasteiger partial charge in [0.25, 0.3) is 5.91 Å². The van der Waals surface area contributed by atoms with Crippen molar-refractivity contribution in [3.8, 4) is 11.5 Å². The van der Waals surface area contributed by atoms with Gasteiger partial charge in [-0.15, -0.1) is 0 Å². The van der Waals surface area contributed by atoms with Crippen molar-refractivity contribution in [2.75, 3.05) is 24.5 Å². The largest absolute Gasteiger partial charge is 0.465 e. The third-order valence-electron chi connectivity index (χ3n) is 4.23. The van der Waals surface area contributed by atoms with E-state index >= 15 is 0 Å². The molecule has 1 aliphatic rings. The third kappa shape index (κ3) is 4.11. The molecule has 1 aromatic heterocycles. The molecule has 0 spiro atoms. The van der Waals surface area contributed by atoms with Gasteiger partial charge in [0.05, 0.1) is 24.6 Å². The average Bonchev–Trinajstić information content (AvgIpc) is 3.23. The monoisotopic (exact) mass is 391 g/mol. The lowest BCUT2D eigenvalue weighted by atomic mass is 10.2. The van der Waals surface area contributed by atoms with Gasteiger partial charge >= 0.3 is 5.97 Å². The summed E-state index contributed by atoms with van der Waals surface area (Å²) in [4.78, 5) is 28.2. The minimum absolute atomic E-state index is 0.157. The molecule has 2 aromatic carbocycles. The number of carbonyl (C=O) groups is 2. The van der Waals surface area contributed by atoms with Gasteiger partial charge in [0.2, 0.25) is 6.79 Å². The Bertz CT molecular complexity index is 1050. The van der Waals surface area contributed by atoms with E-state index < -0.39 is 5.97 Å². The first-order chi connectivity index (χ1) is 14.1. The minimum Gasteiger partial charge on any atom is -0.465 e. The number of benzene rings is 2. The van der Waals surface area contributed by atoms with Gasteiger partial charge in [0, 0.05) is 11.3 Å². The Hall–Kier alpha value is -4.07. The van der Waals surface area contributed by atoms with Crippen LogP contribution in [0.3, 0.4) is 0 Å². The topological polar surface area (TPSA) is 98.8 Å². The van der Waals surface area contributed by atoms with E-state index in [0.717, 1.165) is 5.69 Å². The van der Waals surface area contributed by atoms with Crippen LogP contribution in [0.1, 0.15) is 20.7 Å². The zero-order valence-electron chi connectivity index (χ0n) is 15.5. The highest BCUT2D eigenvalue weighted by atomic mass is 16.7. The van der Waals surface area contributed by atoms with E-state index in [1.54, 1.807) is 60.8 Å². The molecule has 0 fully saturated rings. The van der Waals surface area contributed by atoms with Gasteiger partial charge in [-0.3, -0.25) is 4.79 Å². The van der Waals surface area contributed by atoms with E-state index in [1.165, 1.54) is 7.11 Å². The number of esters is 1. The number of pyridine rings is 1. The number of aromatic nitrogens is 1. The van der Waals surface area contributed by atoms with Crippen molar-refractivity contribution in [3.63, 3.8) is 0 Å². The quantitative estimate of drug-likeness (QED) is 0.641. The molecule has 2 heterocycles. The standard InChI is InChI=1S/C21H17N3O5/c1-27-21(26)13-2-5-15(6-3-13)23-19-9-7-16(11-22-19)24-20(25)14-4-8-17-18(10-14)29-12-28-17/h2-11H,12H2,1H3,(H,22,23)(H,24,25). The molecule has 146 valence electrons. The highest BCUT2D eigenvalue weighted by Gasteiger charge is 2.16. The molecule has 0 aliphatic carbocycles. The number of methoxy groups -OCH3 is 1. The number of amides is 1. The van der Waals surface area contributed by atoms with Gasteiger partial charge in [0.15, 0.2) is 11.5 Å². The molecule has 0 bridgehead atoms. The van der Waals surface area contributed by atoms with Gasteiger partial charge < -0.3 is 24.8 Å². The first-order valence-electron chi connectivity index (χ1n) is 8.75. The van der Waals surface area contributed by atoms with Crippen LogP contribution in [-0.4, -0.2) is 30.8 Å². The van der Waals surface area contributed by atoms with Crippen LogP contribution in [0.4, 0.5) is 17.2 Å². The summed E-state index contributed by atoms with van der Waals surface area (Å²) in [5.74, 6) is 1.10. The molecule has 8 heteroatoms. The van der Waals surface area contributed by atoms with Crippen molar-refractivity contribution in [1.29, 1.82) is 0 Å². The number of carbonyl (C=O) groups excluding carboxylic acids is 2. The Balaban J connectivity index is 1.39. The van der Waals surface area contributed by atoms with E-state index in [9.17, 15) is 9.59 Å². The van der Waals surface area contributed by atoms with Crippen LogP contribution in [0.15, 0.2) is 60.8 Å². The first kappa shape index (κ1) is 18.3. The number of ether oxygens (including phenoxy) is 3. The lowest BCUT2D eigenvalue weighted by Gasteiger charge is -2.09. The van der Waals surface area contributed by atoms with Crippen LogP contribution < -0.4 is 20.1 Å². The Kier molecular flexibility index (Phi) is 4.98. The molecule has 2 N–H and O–H groups in total. The second kappa shape index (κ2) is 7.89. The molecule has 3 aromatic rings. The van der Waals surface area contributed by atoms with Crippen LogP contribution in [0, 0.1) is 0 Å². The van der Waals surface area contributed by atoms with Crippen molar-refractivity contribution in [3.05, 3.63) is 71.9 Å². The van der Waals surface area contributed by atoms with E-state index in [-0.39, 0.29) is 12.7 Å². The van der Waals surface area contributed by atoms with Crippen molar-refractivity contribution in [1.82, 2.24) is 4.98 Å². The molecule has 1 amide bonds. The normalized spacial score (nSPS) is 11.6. The SMILES string of the molecule is COC(=O)c1ccc(Nc2ccc(NC(=O)c3ccc4c(c3)OCO4)cn2)cc1. The zero-order chi connectivity index (χ0) is 20.2. The Morgan fingerprint density at radius 3 is 2.38 bits per heavy atom. The van der Waals surface area contributed by atoms with E-state index in [1.807, 2.05) is 0 Å². The summed E-state index contributed by atoms with van der Waals surface area (Å²) >= 11 is 0. The molecular formula is C21H17N3O5. The number of hydrogen-bond acceptors (Lipinski definition) is 7. The van der Waals surface area contributed by atoms with E-state index in [4.69, 9.17) is 9.47 Å². The second-order valence-electron chi connectivity index (χ2n) is 6.15. The molecular weight excluding hydrogens is 374 g/mol. The molecule has 0 radical (unpaired) electrons. The number of hydrogen-bond donors (Lipinski definition) is 2. The summed E-state index contributed by atoms with van der Waals surface area (Å²) in [6.45, 7) is 0.157. The van der Waals surface area contributed by atoms with Crippen molar-refractivity contribution in [2.24, 2.45) is 0 Å². The fourth-order valence-corrected chi connectivity index (χ4v) is 2.74. The molecule has 0 saturated heterocycles. The highest BCUT2D eigenvalue weighted by Crippen LogP contribution is 2.32. The third-order valence-corrected chi connectivity index (χ3v) is 4.23. The smallest absolute Gasteiger partial charge is 0.337 e. The van der Waals surface area contributed by atoms with Crippen molar-refractivity contribution < 1.29 is 23.8 Å². The summed E-state index contributed by atoms with van der Waals surface area (Å²) in [6, 6.07) is 15.3. The summed E-state index contributed by atoms with van der Waals surface area (Å²) < 4.78 is 15.2. The van der Waals surface area contributed by atoms with Crippen LogP contribution >= 0.6 is 0 Å². The predicted molar refractivity (Wildman–Crippen MR) is 106 cm³/mol. The van der Waals surface area contributed by atoms with Crippen molar-refractivity contribution >= 4 is 29.1 Å². The summed E-state index contributed by atoms with van der Waals surface area (Å²) in [5, 5.41) is 5.91. The summed E-state index contributed by atoms with van der Waals surface area (Å²) in [6.07, 6.45) is 1.55. The molecule has 1 aliphatic heterocycles. The lowest BCUT2D eigenvalue weighted by Crippen LogP contribution is -2.12. The van der Waals surface area contributed by atoms with Crippen LogP contribution in [0.25, 0.3) is 0 Å². The number of nitrogens with one attached hydrogen (secondary N) is 2. The van der Waals surface area contributed by atoms with Gasteiger partial charge in [-0.1, -0.05) is 0 Å². The number of anilines is 3. The van der Waals surface area contributed by atoms with Gasteiger partial charge in [0.1, 0.15) is 5.82 Å². The maximum atomic E-state index is 12.4. The Morgan fingerprint density at radius 2 is 1.66 bits per heavy atom. The lowest BCUT2D eigenvalue weighted by molar-refractivity contribution is 0.0600. The molecule has 0 unspecified atom stereocenters. The fourth-order valence-electron chi connectivity index (χ4n) is 2.74. The van der Waals surface area contributed by atoms with Gasteiger partial charge in [-0.05, 0) is 54.6 Å². The highest BCUT2D eigenvalue weighted by molar-refractivity contribution is 6.04. The predicted octanol–water partition coefficient (Wildman–Crippen LogP) is 3.59. The zero-order valence-corrected chi connectivity index (χ0v) is 15.5. The Labute approximate surface area is 166 Å². The molecule has 0 saturated carbocycles. The van der Waals surface area contributed by atoms with Crippen LogP contribution in [0.2, 0.25) is 0 Å². The molecule has 0 atom stereocenters. The molecule has 8 nitrogen and oxygen atoms in total. The van der Waals surface area contributed by atoms with Crippen LogP contribution in [0.5, 0.6) is 11.5 Å². The molecule has 4 rings (SSSR count). The number of nitrogens with zero attached hydrogens (tertiary/aromatic N) is 1. The van der Waals surface area contributed by atoms with E-state index in [0.29, 0.717) is 34.1 Å². The maximum absolute atomic E-state index is 12.4. The first-order valence-corrected chi connectivity index (χ1v) is 8.75. The van der Waals surface area contributed by atoms with Crippen LogP contribution in [-0.2, 0) is 4.74 Å². The van der Waals surface area contributed by atoms with Gasteiger partial charge in [-0.2, -0.15) is 0 Å². The minimum atomic E-state index is -0.391. The fraction of sp³-hybridized carbons (Fsp3) is 0.0952. The van der Waals surface area contributed by atoms with Gasteiger partial charge in [-0.25, -0.2) is 9.78 Å². The maximum Gasteiger partial charge on any atom is 0.337 e. The average molecular weight is 391 g/mol. The molecule has 29 heavy (non-hydrogen) atoms. The summed E-state index contributed by atoms with van der Waals surface area (Å²) in [7, 11) is 1.34. The van der Waals surface area contributed by atoms with Crippen molar-refractivity contribution in [2.45, 2.75) is 0 Å². The number of rotatable bonds is 5. The van der Waals surface area contributed by atoms with E-state index in [2.05, 4.69) is 20.4 Å². The number of fused-ring (bicyclic) bond motifs is 1. The Morgan fingerprint density at radius 1 is 0.931 bits per heavy atom.